The lowest BCUT2D eigenvalue weighted by Gasteiger charge is -2.21. The number of ether oxygens (including phenoxy) is 4. The predicted molar refractivity (Wildman–Crippen MR) is 354 cm³/mol. The molecule has 0 amide bonds. The van der Waals surface area contributed by atoms with Crippen LogP contribution in [0, 0.1) is 11.8 Å². The van der Waals surface area contributed by atoms with Crippen molar-refractivity contribution in [3.63, 3.8) is 0 Å². The van der Waals surface area contributed by atoms with Crippen LogP contribution in [0.1, 0.15) is 350 Å². The molecule has 19 heteroatoms. The second kappa shape index (κ2) is 61.3. The van der Waals surface area contributed by atoms with E-state index in [0.29, 0.717) is 25.7 Å². The van der Waals surface area contributed by atoms with Crippen molar-refractivity contribution in [2.24, 2.45) is 11.8 Å². The van der Waals surface area contributed by atoms with Crippen molar-refractivity contribution in [2.45, 2.75) is 368 Å². The number of hydrogen-bond acceptors (Lipinski definition) is 15. The van der Waals surface area contributed by atoms with Gasteiger partial charge in [-0.1, -0.05) is 298 Å². The number of phosphoric acid groups is 2. The van der Waals surface area contributed by atoms with Crippen molar-refractivity contribution >= 4 is 39.5 Å². The summed E-state index contributed by atoms with van der Waals surface area (Å²) in [5.41, 5.74) is 0. The summed E-state index contributed by atoms with van der Waals surface area (Å²) in [6.07, 6.45) is 46.1. The minimum atomic E-state index is -4.95. The molecule has 0 saturated carbocycles. The lowest BCUT2D eigenvalue weighted by Crippen LogP contribution is -2.30. The van der Waals surface area contributed by atoms with Gasteiger partial charge in [0.15, 0.2) is 12.2 Å². The Hall–Kier alpha value is -1.94. The molecular formula is C69H134O17P2. The van der Waals surface area contributed by atoms with E-state index in [0.717, 1.165) is 127 Å². The first-order chi connectivity index (χ1) is 42.4. The second-order valence-electron chi connectivity index (χ2n) is 25.9. The molecule has 522 valence electrons. The number of aliphatic hydroxyl groups is 1. The van der Waals surface area contributed by atoms with Crippen LogP contribution in [-0.4, -0.2) is 96.7 Å². The molecule has 88 heavy (non-hydrogen) atoms. The molecule has 0 aliphatic carbocycles. The zero-order valence-electron chi connectivity index (χ0n) is 57.0. The number of hydrogen-bond donors (Lipinski definition) is 3. The van der Waals surface area contributed by atoms with Crippen molar-refractivity contribution in [3.8, 4) is 0 Å². The fourth-order valence-corrected chi connectivity index (χ4v) is 12.0. The number of carbonyl (C=O) groups excluding carboxylic acids is 4. The predicted octanol–water partition coefficient (Wildman–Crippen LogP) is 19.6. The van der Waals surface area contributed by atoms with Gasteiger partial charge in [0.05, 0.1) is 26.4 Å². The van der Waals surface area contributed by atoms with E-state index in [1.807, 2.05) is 0 Å². The Morgan fingerprint density at radius 1 is 0.307 bits per heavy atom. The molecule has 0 aromatic carbocycles. The van der Waals surface area contributed by atoms with Crippen LogP contribution < -0.4 is 0 Å². The summed E-state index contributed by atoms with van der Waals surface area (Å²) in [6.45, 7) is 9.50. The summed E-state index contributed by atoms with van der Waals surface area (Å²) in [5, 5.41) is 10.5. The van der Waals surface area contributed by atoms with Gasteiger partial charge >= 0.3 is 39.5 Å². The Bertz CT molecular complexity index is 1720. The number of phosphoric ester groups is 2. The van der Waals surface area contributed by atoms with Crippen LogP contribution in [0.25, 0.3) is 0 Å². The summed E-state index contributed by atoms with van der Waals surface area (Å²) in [5.74, 6) is -0.541. The van der Waals surface area contributed by atoms with E-state index < -0.39 is 97.5 Å². The Morgan fingerprint density at radius 3 is 0.773 bits per heavy atom. The molecule has 5 atom stereocenters. The van der Waals surface area contributed by atoms with Gasteiger partial charge in [0.1, 0.15) is 19.3 Å². The van der Waals surface area contributed by atoms with E-state index in [9.17, 15) is 43.2 Å². The van der Waals surface area contributed by atoms with Crippen LogP contribution in [0.3, 0.4) is 0 Å². The number of unbranched alkanes of at least 4 members (excludes halogenated alkanes) is 38. The summed E-state index contributed by atoms with van der Waals surface area (Å²) in [7, 11) is -9.89. The van der Waals surface area contributed by atoms with Gasteiger partial charge in [-0.05, 0) is 37.5 Å². The molecular weight excluding hydrogens is 1160 g/mol. The normalized spacial score (nSPS) is 14.2. The summed E-state index contributed by atoms with van der Waals surface area (Å²) in [6, 6.07) is 0. The SMILES string of the molecule is CCCCCCCCCC(=O)OC[C@H](COP(=O)(O)OC[C@H](O)COP(=O)(O)OC[C@@H](COC(=O)CCCCCCCCCCCCCCCC(C)C)OC(=O)CCCCCCCCCCCCCCCCCC(C)C)OC(=O)CCCCCCCCC. The van der Waals surface area contributed by atoms with Crippen molar-refractivity contribution in [1.82, 2.24) is 0 Å². The van der Waals surface area contributed by atoms with E-state index in [2.05, 4.69) is 41.5 Å². The van der Waals surface area contributed by atoms with Gasteiger partial charge in [-0.3, -0.25) is 37.3 Å². The van der Waals surface area contributed by atoms with Gasteiger partial charge in [0, 0.05) is 25.7 Å². The highest BCUT2D eigenvalue weighted by molar-refractivity contribution is 7.47. The molecule has 0 spiro atoms. The smallest absolute Gasteiger partial charge is 0.462 e. The molecule has 3 N–H and O–H groups in total. The summed E-state index contributed by atoms with van der Waals surface area (Å²) < 4.78 is 68.0. The minimum Gasteiger partial charge on any atom is -0.462 e. The molecule has 0 aromatic rings. The van der Waals surface area contributed by atoms with Crippen molar-refractivity contribution in [1.29, 1.82) is 0 Å². The van der Waals surface area contributed by atoms with E-state index in [-0.39, 0.29) is 25.7 Å². The molecule has 0 saturated heterocycles. The molecule has 0 aliphatic heterocycles. The first-order valence-electron chi connectivity index (χ1n) is 36.0. The van der Waals surface area contributed by atoms with Crippen molar-refractivity contribution in [2.75, 3.05) is 39.6 Å². The lowest BCUT2D eigenvalue weighted by molar-refractivity contribution is -0.161. The van der Waals surface area contributed by atoms with E-state index in [1.54, 1.807) is 0 Å². The Balaban J connectivity index is 5.15. The van der Waals surface area contributed by atoms with Gasteiger partial charge in [0.25, 0.3) is 0 Å². The highest BCUT2D eigenvalue weighted by Crippen LogP contribution is 2.45. The maximum atomic E-state index is 13.0. The first kappa shape index (κ1) is 86.1. The summed E-state index contributed by atoms with van der Waals surface area (Å²) >= 11 is 0. The summed E-state index contributed by atoms with van der Waals surface area (Å²) in [4.78, 5) is 72.2. The van der Waals surface area contributed by atoms with Gasteiger partial charge in [0.2, 0.25) is 0 Å². The fourth-order valence-electron chi connectivity index (χ4n) is 10.4. The number of esters is 4. The van der Waals surface area contributed by atoms with Crippen LogP contribution >= 0.6 is 15.6 Å². The number of aliphatic hydroxyl groups excluding tert-OH is 1. The molecule has 0 heterocycles. The topological polar surface area (TPSA) is 237 Å². The first-order valence-corrected chi connectivity index (χ1v) is 39.0. The molecule has 0 aromatic heterocycles. The zero-order valence-corrected chi connectivity index (χ0v) is 58.8. The molecule has 0 fully saturated rings. The molecule has 17 nitrogen and oxygen atoms in total. The van der Waals surface area contributed by atoms with Crippen LogP contribution in [0.15, 0.2) is 0 Å². The van der Waals surface area contributed by atoms with E-state index in [1.165, 1.54) is 141 Å². The van der Waals surface area contributed by atoms with Gasteiger partial charge in [-0.25, -0.2) is 9.13 Å². The fraction of sp³-hybridized carbons (Fsp3) is 0.942. The minimum absolute atomic E-state index is 0.103. The Kier molecular flexibility index (Phi) is 59.9. The second-order valence-corrected chi connectivity index (χ2v) is 28.8. The average Bonchev–Trinajstić information content (AvgIpc) is 3.49. The van der Waals surface area contributed by atoms with Crippen LogP contribution in [0.2, 0.25) is 0 Å². The highest BCUT2D eigenvalue weighted by Gasteiger charge is 2.30. The molecule has 0 bridgehead atoms. The van der Waals surface area contributed by atoms with E-state index in [4.69, 9.17) is 37.0 Å². The monoisotopic (exact) mass is 1300 g/mol. The number of rotatable bonds is 68. The van der Waals surface area contributed by atoms with Crippen LogP contribution in [0.5, 0.6) is 0 Å². The Morgan fingerprint density at radius 2 is 0.523 bits per heavy atom. The maximum absolute atomic E-state index is 13.0. The number of carbonyl (C=O) groups is 4. The standard InChI is InChI=1S/C69H134O17P2/c1-7-9-11-13-31-39-45-51-66(71)79-57-64(85-68(73)53-47-41-32-14-12-10-8-2)59-83-87(75,76)81-55-63(70)56-82-88(77,78)84-60-65(58-80-67(72)52-46-40-35-29-25-22-18-20-24-28-34-38-44-50-62(5)6)86-69(74)54-48-42-36-30-26-21-17-15-16-19-23-27-33-37-43-49-61(3)4/h61-65,70H,7-60H2,1-6H3,(H,75,76)(H,77,78)/t63-,64+,65+/m0/s1. The van der Waals surface area contributed by atoms with E-state index >= 15 is 0 Å². The third kappa shape index (κ3) is 62.8. The van der Waals surface area contributed by atoms with Crippen LogP contribution in [-0.2, 0) is 65.4 Å². The van der Waals surface area contributed by atoms with Crippen molar-refractivity contribution in [3.05, 3.63) is 0 Å². The Labute approximate surface area is 537 Å². The third-order valence-electron chi connectivity index (χ3n) is 16.0. The molecule has 2 unspecified atom stereocenters. The van der Waals surface area contributed by atoms with Gasteiger partial charge in [-0.2, -0.15) is 0 Å². The van der Waals surface area contributed by atoms with Crippen LogP contribution in [0.4, 0.5) is 0 Å². The zero-order chi connectivity index (χ0) is 65.0. The molecule has 0 rings (SSSR count). The van der Waals surface area contributed by atoms with Gasteiger partial charge < -0.3 is 33.8 Å². The lowest BCUT2D eigenvalue weighted by atomic mass is 10.0. The maximum Gasteiger partial charge on any atom is 0.472 e. The average molecular weight is 1300 g/mol. The van der Waals surface area contributed by atoms with Gasteiger partial charge in [-0.15, -0.1) is 0 Å². The molecule has 0 aliphatic rings. The largest absolute Gasteiger partial charge is 0.472 e. The highest BCUT2D eigenvalue weighted by atomic mass is 31.2. The quantitative estimate of drug-likeness (QED) is 0.0222. The third-order valence-corrected chi connectivity index (χ3v) is 17.9. The molecule has 0 radical (unpaired) electrons. The van der Waals surface area contributed by atoms with Crippen molar-refractivity contribution < 1.29 is 80.2 Å².